The van der Waals surface area contributed by atoms with Crippen molar-refractivity contribution in [2.24, 2.45) is 5.73 Å². The average molecular weight is 342 g/mol. The zero-order valence-electron chi connectivity index (χ0n) is 12.2. The molecule has 1 aromatic rings. The van der Waals surface area contributed by atoms with Crippen LogP contribution in [0.3, 0.4) is 0 Å². The number of piperidine rings is 1. The van der Waals surface area contributed by atoms with Gasteiger partial charge in [0.1, 0.15) is 11.8 Å². The Labute approximate surface area is 137 Å². The number of halogens is 1. The summed E-state index contributed by atoms with van der Waals surface area (Å²) in [7, 11) is 0. The monoisotopic (exact) mass is 341 g/mol. The quantitative estimate of drug-likeness (QED) is 0.643. The lowest BCUT2D eigenvalue weighted by atomic mass is 10.0. The first kappa shape index (κ1) is 17.0. The van der Waals surface area contributed by atoms with Gasteiger partial charge < -0.3 is 15.4 Å². The van der Waals surface area contributed by atoms with Crippen molar-refractivity contribution in [3.8, 4) is 5.75 Å². The van der Waals surface area contributed by atoms with E-state index in [0.29, 0.717) is 13.0 Å². The van der Waals surface area contributed by atoms with E-state index in [-0.39, 0.29) is 29.0 Å². The fraction of sp³-hybridized carbons (Fsp3) is 0.429. The first-order valence-electron chi connectivity index (χ1n) is 7.05. The van der Waals surface area contributed by atoms with Gasteiger partial charge in [-0.15, -0.1) is 0 Å². The van der Waals surface area contributed by atoms with Crippen molar-refractivity contribution >= 4 is 29.1 Å². The Balaban J connectivity index is 2.01. The van der Waals surface area contributed by atoms with Crippen molar-refractivity contribution in [2.75, 3.05) is 13.2 Å². The number of nitro benzene ring substituents is 1. The van der Waals surface area contributed by atoms with E-state index in [1.165, 1.54) is 17.0 Å². The van der Waals surface area contributed by atoms with E-state index < -0.39 is 16.9 Å². The van der Waals surface area contributed by atoms with Crippen molar-refractivity contribution in [1.29, 1.82) is 0 Å². The van der Waals surface area contributed by atoms with Gasteiger partial charge in [-0.25, -0.2) is 0 Å². The summed E-state index contributed by atoms with van der Waals surface area (Å²) in [4.78, 5) is 35.1. The largest absolute Gasteiger partial charge is 0.482 e. The summed E-state index contributed by atoms with van der Waals surface area (Å²) < 4.78 is 5.32. The van der Waals surface area contributed by atoms with Crippen LogP contribution in [-0.2, 0) is 9.59 Å². The minimum Gasteiger partial charge on any atom is -0.482 e. The van der Waals surface area contributed by atoms with Crippen molar-refractivity contribution in [1.82, 2.24) is 4.90 Å². The van der Waals surface area contributed by atoms with E-state index in [9.17, 15) is 19.7 Å². The third-order valence-corrected chi connectivity index (χ3v) is 3.92. The predicted octanol–water partition coefficient (Wildman–Crippen LogP) is 1.49. The van der Waals surface area contributed by atoms with Gasteiger partial charge >= 0.3 is 0 Å². The second kappa shape index (κ2) is 7.28. The number of carbonyl (C=O) groups is 2. The molecule has 1 fully saturated rings. The highest BCUT2D eigenvalue weighted by Gasteiger charge is 2.30. The Morgan fingerprint density at radius 3 is 2.78 bits per heavy atom. The van der Waals surface area contributed by atoms with Gasteiger partial charge in [0.2, 0.25) is 5.91 Å². The molecule has 0 spiro atoms. The lowest BCUT2D eigenvalue weighted by Crippen LogP contribution is -2.51. The van der Waals surface area contributed by atoms with Crippen molar-refractivity contribution in [3.05, 3.63) is 33.3 Å². The summed E-state index contributed by atoms with van der Waals surface area (Å²) in [5.41, 5.74) is 5.15. The van der Waals surface area contributed by atoms with Crippen molar-refractivity contribution < 1.29 is 19.2 Å². The Bertz CT molecular complexity index is 637. The summed E-state index contributed by atoms with van der Waals surface area (Å²) in [5, 5.41) is 10.7. The number of amides is 2. The van der Waals surface area contributed by atoms with Crippen LogP contribution in [0.25, 0.3) is 0 Å². The van der Waals surface area contributed by atoms with Crippen LogP contribution in [0.4, 0.5) is 5.69 Å². The molecule has 8 nitrogen and oxygen atoms in total. The van der Waals surface area contributed by atoms with E-state index in [2.05, 4.69) is 0 Å². The molecule has 124 valence electrons. The highest BCUT2D eigenvalue weighted by molar-refractivity contribution is 6.32. The lowest BCUT2D eigenvalue weighted by Gasteiger charge is -2.33. The van der Waals surface area contributed by atoms with Crippen LogP contribution in [0.1, 0.15) is 19.3 Å². The van der Waals surface area contributed by atoms with E-state index in [1.807, 2.05) is 0 Å². The van der Waals surface area contributed by atoms with E-state index in [0.717, 1.165) is 18.9 Å². The summed E-state index contributed by atoms with van der Waals surface area (Å²) in [6, 6.07) is 3.09. The van der Waals surface area contributed by atoms with Crippen molar-refractivity contribution in [2.45, 2.75) is 25.3 Å². The Hall–Kier alpha value is -2.35. The number of benzene rings is 1. The second-order valence-corrected chi connectivity index (χ2v) is 5.57. The first-order chi connectivity index (χ1) is 10.9. The van der Waals surface area contributed by atoms with Crippen LogP contribution < -0.4 is 10.5 Å². The molecular weight excluding hydrogens is 326 g/mol. The third kappa shape index (κ3) is 4.10. The van der Waals surface area contributed by atoms with Crippen molar-refractivity contribution in [3.63, 3.8) is 0 Å². The number of non-ortho nitro benzene ring substituents is 1. The molecule has 1 saturated heterocycles. The molecule has 1 aromatic carbocycles. The van der Waals surface area contributed by atoms with E-state index >= 15 is 0 Å². The number of hydrogen-bond donors (Lipinski definition) is 1. The van der Waals surface area contributed by atoms with E-state index in [1.54, 1.807) is 0 Å². The summed E-state index contributed by atoms with van der Waals surface area (Å²) in [6.07, 6.45) is 2.18. The smallest absolute Gasteiger partial charge is 0.271 e. The Morgan fingerprint density at radius 1 is 1.43 bits per heavy atom. The zero-order valence-corrected chi connectivity index (χ0v) is 13.0. The molecule has 0 unspecified atom stereocenters. The predicted molar refractivity (Wildman–Crippen MR) is 82.1 cm³/mol. The lowest BCUT2D eigenvalue weighted by molar-refractivity contribution is -0.384. The number of hydrogen-bond acceptors (Lipinski definition) is 5. The number of ether oxygens (including phenoxy) is 1. The van der Waals surface area contributed by atoms with Gasteiger partial charge in [0.25, 0.3) is 11.6 Å². The number of likely N-dealkylation sites (tertiary alicyclic amines) is 1. The minimum atomic E-state index is -0.618. The van der Waals surface area contributed by atoms with E-state index in [4.69, 9.17) is 22.1 Å². The molecule has 9 heteroatoms. The third-order valence-electron chi connectivity index (χ3n) is 3.63. The summed E-state index contributed by atoms with van der Waals surface area (Å²) in [5.74, 6) is -0.743. The molecule has 0 aromatic heterocycles. The molecule has 0 bridgehead atoms. The maximum absolute atomic E-state index is 12.2. The molecule has 0 radical (unpaired) electrons. The molecule has 2 rings (SSSR count). The molecule has 1 aliphatic rings. The van der Waals surface area contributed by atoms with Gasteiger partial charge in [0.05, 0.1) is 9.95 Å². The number of primary amides is 1. The van der Waals surface area contributed by atoms with Gasteiger partial charge in [0.15, 0.2) is 6.61 Å². The summed E-state index contributed by atoms with van der Waals surface area (Å²) >= 11 is 5.89. The SMILES string of the molecule is NC(=O)[C@H]1CCCCN1C(=O)COc1ccc([N+](=O)[O-])cc1Cl. The van der Waals surface area contributed by atoms with Gasteiger partial charge in [-0.05, 0) is 25.3 Å². The zero-order chi connectivity index (χ0) is 17.0. The van der Waals surface area contributed by atoms with Crippen LogP contribution in [0.2, 0.25) is 5.02 Å². The van der Waals surface area contributed by atoms with Gasteiger partial charge in [-0.2, -0.15) is 0 Å². The first-order valence-corrected chi connectivity index (χ1v) is 7.43. The maximum Gasteiger partial charge on any atom is 0.271 e. The average Bonchev–Trinajstić information content (AvgIpc) is 2.53. The number of nitrogens with two attached hydrogens (primary N) is 1. The molecule has 23 heavy (non-hydrogen) atoms. The van der Waals surface area contributed by atoms with Crippen LogP contribution in [0, 0.1) is 10.1 Å². The molecule has 0 aliphatic carbocycles. The van der Waals surface area contributed by atoms with Gasteiger partial charge in [-0.1, -0.05) is 11.6 Å². The highest BCUT2D eigenvalue weighted by Crippen LogP contribution is 2.28. The second-order valence-electron chi connectivity index (χ2n) is 5.16. The molecule has 0 saturated carbocycles. The van der Waals surface area contributed by atoms with Gasteiger partial charge in [-0.3, -0.25) is 19.7 Å². The van der Waals surface area contributed by atoms with Crippen LogP contribution >= 0.6 is 11.6 Å². The highest BCUT2D eigenvalue weighted by atomic mass is 35.5. The van der Waals surface area contributed by atoms with Crippen LogP contribution in [-0.4, -0.2) is 40.8 Å². The fourth-order valence-corrected chi connectivity index (χ4v) is 2.70. The number of nitrogens with zero attached hydrogens (tertiary/aromatic N) is 2. The maximum atomic E-state index is 12.2. The molecule has 1 heterocycles. The molecular formula is C14H16ClN3O5. The Morgan fingerprint density at radius 2 is 2.17 bits per heavy atom. The minimum absolute atomic E-state index is 0.0390. The number of nitro groups is 1. The molecule has 1 atom stereocenters. The fourth-order valence-electron chi connectivity index (χ4n) is 2.47. The normalized spacial score (nSPS) is 17.6. The molecule has 2 N–H and O–H groups in total. The van der Waals surface area contributed by atoms with Crippen LogP contribution in [0.5, 0.6) is 5.75 Å². The molecule has 2 amide bonds. The number of carbonyl (C=O) groups excluding carboxylic acids is 2. The number of rotatable bonds is 5. The Kier molecular flexibility index (Phi) is 5.38. The van der Waals surface area contributed by atoms with Crippen LogP contribution in [0.15, 0.2) is 18.2 Å². The molecule has 1 aliphatic heterocycles. The summed E-state index contributed by atoms with van der Waals surface area (Å²) in [6.45, 7) is 0.130. The topological polar surface area (TPSA) is 116 Å². The standard InChI is InChI=1S/C14H16ClN3O5/c15-10-7-9(18(21)22)4-5-12(10)23-8-13(19)17-6-2-1-3-11(17)14(16)20/h4-5,7,11H,1-3,6,8H2,(H2,16,20)/t11-/m1/s1. The van der Waals surface area contributed by atoms with Gasteiger partial charge in [0, 0.05) is 18.7 Å².